The Morgan fingerprint density at radius 2 is 1.79 bits per heavy atom. The molecule has 3 aromatic rings. The molecule has 0 fully saturated rings. The molecule has 3 rings (SSSR count). The van der Waals surface area contributed by atoms with E-state index in [0.29, 0.717) is 20.9 Å². The lowest BCUT2D eigenvalue weighted by molar-refractivity contribution is -0.128. The molecule has 7 heteroatoms. The van der Waals surface area contributed by atoms with Gasteiger partial charge in [-0.1, -0.05) is 34.5 Å². The summed E-state index contributed by atoms with van der Waals surface area (Å²) in [6, 6.07) is 12.3. The second kappa shape index (κ2) is 6.59. The van der Waals surface area contributed by atoms with Gasteiger partial charge in [-0.15, -0.1) is 0 Å². The minimum Gasteiger partial charge on any atom is -0.478 e. The molecule has 0 atom stereocenters. The zero-order chi connectivity index (χ0) is 17.3. The van der Waals surface area contributed by atoms with Crippen LogP contribution in [0.3, 0.4) is 0 Å². The maximum absolute atomic E-state index is 12.5. The third-order valence-electron chi connectivity index (χ3n) is 3.30. The molecule has 0 saturated heterocycles. The van der Waals surface area contributed by atoms with E-state index in [1.807, 2.05) is 6.07 Å². The number of halogens is 2. The SMILES string of the molecule is CC(C)(Oc1ccc(Cl)cc1)C(=O)Nc1nc2cc(Cl)ccc2s1. The number of rotatable bonds is 4. The van der Waals surface area contributed by atoms with Crippen molar-refractivity contribution in [3.05, 3.63) is 52.5 Å². The first-order valence-electron chi connectivity index (χ1n) is 7.16. The molecule has 24 heavy (non-hydrogen) atoms. The molecule has 0 unspecified atom stereocenters. The highest BCUT2D eigenvalue weighted by molar-refractivity contribution is 7.22. The van der Waals surface area contributed by atoms with E-state index in [2.05, 4.69) is 10.3 Å². The fourth-order valence-corrected chi connectivity index (χ4v) is 3.18. The molecule has 0 radical (unpaired) electrons. The molecule has 0 saturated carbocycles. The van der Waals surface area contributed by atoms with E-state index in [-0.39, 0.29) is 5.91 Å². The van der Waals surface area contributed by atoms with Crippen molar-refractivity contribution in [2.24, 2.45) is 0 Å². The van der Waals surface area contributed by atoms with E-state index in [1.165, 1.54) is 11.3 Å². The lowest BCUT2D eigenvalue weighted by atomic mass is 10.1. The number of aromatic nitrogens is 1. The summed E-state index contributed by atoms with van der Waals surface area (Å²) in [7, 11) is 0. The zero-order valence-electron chi connectivity index (χ0n) is 13.0. The number of hydrogen-bond acceptors (Lipinski definition) is 4. The summed E-state index contributed by atoms with van der Waals surface area (Å²) >= 11 is 13.2. The first-order valence-corrected chi connectivity index (χ1v) is 8.73. The summed E-state index contributed by atoms with van der Waals surface area (Å²) in [6.07, 6.45) is 0. The van der Waals surface area contributed by atoms with Crippen molar-refractivity contribution in [3.63, 3.8) is 0 Å². The summed E-state index contributed by atoms with van der Waals surface area (Å²) < 4.78 is 6.72. The van der Waals surface area contributed by atoms with Crippen LogP contribution in [-0.2, 0) is 4.79 Å². The molecule has 0 aliphatic heterocycles. The van der Waals surface area contributed by atoms with Crippen LogP contribution in [0.4, 0.5) is 5.13 Å². The average Bonchev–Trinajstić information content (AvgIpc) is 2.90. The van der Waals surface area contributed by atoms with Gasteiger partial charge in [0.15, 0.2) is 10.7 Å². The lowest BCUT2D eigenvalue weighted by Gasteiger charge is -2.24. The molecule has 1 amide bonds. The van der Waals surface area contributed by atoms with Crippen LogP contribution in [0.15, 0.2) is 42.5 Å². The maximum Gasteiger partial charge on any atom is 0.269 e. The number of ether oxygens (including phenoxy) is 1. The van der Waals surface area contributed by atoms with E-state index in [9.17, 15) is 4.79 Å². The lowest BCUT2D eigenvalue weighted by Crippen LogP contribution is -2.42. The number of amides is 1. The molecule has 0 aliphatic carbocycles. The van der Waals surface area contributed by atoms with Crippen molar-refractivity contribution in [2.75, 3.05) is 5.32 Å². The summed E-state index contributed by atoms with van der Waals surface area (Å²) in [5.41, 5.74) is -0.317. The first-order chi connectivity index (χ1) is 11.3. The smallest absolute Gasteiger partial charge is 0.269 e. The van der Waals surface area contributed by atoms with Crippen LogP contribution < -0.4 is 10.1 Å². The molecule has 2 aromatic carbocycles. The minimum absolute atomic E-state index is 0.289. The van der Waals surface area contributed by atoms with Crippen molar-refractivity contribution in [3.8, 4) is 5.75 Å². The Labute approximate surface area is 153 Å². The van der Waals surface area contributed by atoms with Gasteiger partial charge in [0.25, 0.3) is 5.91 Å². The van der Waals surface area contributed by atoms with Crippen LogP contribution in [0, 0.1) is 0 Å². The van der Waals surface area contributed by atoms with E-state index in [4.69, 9.17) is 27.9 Å². The number of fused-ring (bicyclic) bond motifs is 1. The molecule has 0 aliphatic rings. The largest absolute Gasteiger partial charge is 0.478 e. The Hall–Kier alpha value is -1.82. The standard InChI is InChI=1S/C17H14Cl2N2O2S/c1-17(2,23-12-6-3-10(18)4-7-12)15(22)21-16-20-13-9-11(19)5-8-14(13)24-16/h3-9H,1-2H3,(H,20,21,22). The molecule has 1 aromatic heterocycles. The van der Waals surface area contributed by atoms with Gasteiger partial charge in [0, 0.05) is 10.0 Å². The number of anilines is 1. The second-order valence-corrected chi connectivity index (χ2v) is 7.56. The fraction of sp³-hybridized carbons (Fsp3) is 0.176. The summed E-state index contributed by atoms with van der Waals surface area (Å²) in [5.74, 6) is 0.276. The third kappa shape index (κ3) is 3.80. The Kier molecular flexibility index (Phi) is 4.67. The highest BCUT2D eigenvalue weighted by atomic mass is 35.5. The summed E-state index contributed by atoms with van der Waals surface area (Å²) in [5, 5.41) is 4.52. The minimum atomic E-state index is -1.07. The quantitative estimate of drug-likeness (QED) is 0.658. The highest BCUT2D eigenvalue weighted by Crippen LogP contribution is 2.29. The topological polar surface area (TPSA) is 51.2 Å². The molecule has 124 valence electrons. The number of thiazole rings is 1. The molecule has 0 spiro atoms. The second-order valence-electron chi connectivity index (χ2n) is 5.65. The van der Waals surface area contributed by atoms with Crippen LogP contribution in [-0.4, -0.2) is 16.5 Å². The summed E-state index contributed by atoms with van der Waals surface area (Å²) in [4.78, 5) is 16.9. The van der Waals surface area contributed by atoms with Gasteiger partial charge in [-0.25, -0.2) is 4.98 Å². The van der Waals surface area contributed by atoms with Crippen LogP contribution in [0.5, 0.6) is 5.75 Å². The van der Waals surface area contributed by atoms with Crippen LogP contribution in [0.25, 0.3) is 10.2 Å². The number of benzene rings is 2. The third-order valence-corrected chi connectivity index (χ3v) is 4.74. The van der Waals surface area contributed by atoms with E-state index in [0.717, 1.165) is 10.2 Å². The van der Waals surface area contributed by atoms with Gasteiger partial charge in [-0.2, -0.15) is 0 Å². The molecular weight excluding hydrogens is 367 g/mol. The van der Waals surface area contributed by atoms with E-state index in [1.54, 1.807) is 50.2 Å². The van der Waals surface area contributed by atoms with Crippen LogP contribution >= 0.6 is 34.5 Å². The molecule has 0 bridgehead atoms. The van der Waals surface area contributed by atoms with Gasteiger partial charge >= 0.3 is 0 Å². The summed E-state index contributed by atoms with van der Waals surface area (Å²) in [6.45, 7) is 3.39. The number of hydrogen-bond donors (Lipinski definition) is 1. The van der Waals surface area contributed by atoms with Gasteiger partial charge in [0.2, 0.25) is 0 Å². The number of nitrogens with one attached hydrogen (secondary N) is 1. The van der Waals surface area contributed by atoms with Gasteiger partial charge < -0.3 is 4.74 Å². The number of carbonyl (C=O) groups is 1. The highest BCUT2D eigenvalue weighted by Gasteiger charge is 2.30. The van der Waals surface area contributed by atoms with Crippen molar-refractivity contribution < 1.29 is 9.53 Å². The van der Waals surface area contributed by atoms with E-state index >= 15 is 0 Å². The Bertz CT molecular complexity index is 891. The molecular formula is C17H14Cl2N2O2S. The van der Waals surface area contributed by atoms with Gasteiger partial charge in [-0.3, -0.25) is 10.1 Å². The fourth-order valence-electron chi connectivity index (χ4n) is 2.05. The predicted octanol–water partition coefficient (Wildman–Crippen LogP) is 5.40. The van der Waals surface area contributed by atoms with Crippen molar-refractivity contribution in [2.45, 2.75) is 19.4 Å². The average molecular weight is 381 g/mol. The van der Waals surface area contributed by atoms with E-state index < -0.39 is 5.60 Å². The van der Waals surface area contributed by atoms with Crippen LogP contribution in [0.2, 0.25) is 10.0 Å². The molecule has 4 nitrogen and oxygen atoms in total. The van der Waals surface area contributed by atoms with Gasteiger partial charge in [0.1, 0.15) is 5.75 Å². The molecule has 1 heterocycles. The number of carbonyl (C=O) groups excluding carboxylic acids is 1. The zero-order valence-corrected chi connectivity index (χ0v) is 15.3. The Balaban J connectivity index is 1.75. The van der Waals surface area contributed by atoms with Crippen molar-refractivity contribution >= 4 is 55.8 Å². The maximum atomic E-state index is 12.5. The van der Waals surface area contributed by atoms with Crippen molar-refractivity contribution in [1.82, 2.24) is 4.98 Å². The Morgan fingerprint density at radius 1 is 1.12 bits per heavy atom. The van der Waals surface area contributed by atoms with Gasteiger partial charge in [-0.05, 0) is 56.3 Å². The first kappa shape index (κ1) is 17.0. The van der Waals surface area contributed by atoms with Gasteiger partial charge in [0.05, 0.1) is 10.2 Å². The predicted molar refractivity (Wildman–Crippen MR) is 99.4 cm³/mol. The normalized spacial score (nSPS) is 11.5. The Morgan fingerprint density at radius 3 is 2.50 bits per heavy atom. The monoisotopic (exact) mass is 380 g/mol. The van der Waals surface area contributed by atoms with Crippen LogP contribution in [0.1, 0.15) is 13.8 Å². The van der Waals surface area contributed by atoms with Crippen molar-refractivity contribution in [1.29, 1.82) is 0 Å². The molecule has 1 N–H and O–H groups in total. The number of nitrogens with zero attached hydrogens (tertiary/aromatic N) is 1.